The Balaban J connectivity index is 2.16. The second-order valence-corrected chi connectivity index (χ2v) is 7.94. The van der Waals surface area contributed by atoms with E-state index in [1.165, 1.54) is 24.3 Å². The molecule has 134 valence electrons. The van der Waals surface area contributed by atoms with Crippen LogP contribution in [0.4, 0.5) is 5.69 Å². The molecule has 0 fully saturated rings. The third-order valence-electron chi connectivity index (χ3n) is 3.91. The number of carbonyl (C=O) groups excluding carboxylic acids is 1. The first-order valence-corrected chi connectivity index (χ1v) is 9.79. The van der Waals surface area contributed by atoms with Gasteiger partial charge in [0.25, 0.3) is 5.91 Å². The van der Waals surface area contributed by atoms with Crippen molar-refractivity contribution < 1.29 is 13.2 Å². The highest BCUT2D eigenvalue weighted by Gasteiger charge is 2.17. The SMILES string of the molecule is CC[C@H](C)NS(=O)(=O)c1ccc(C(=O)Nc2cccc(Cl)c2C)cc1. The largest absolute Gasteiger partial charge is 0.322 e. The zero-order chi connectivity index (χ0) is 18.6. The third-order valence-corrected chi connectivity index (χ3v) is 5.93. The van der Waals surface area contributed by atoms with Crippen LogP contribution in [0, 0.1) is 6.92 Å². The van der Waals surface area contributed by atoms with Crippen molar-refractivity contribution in [3.05, 3.63) is 58.6 Å². The highest BCUT2D eigenvalue weighted by Crippen LogP contribution is 2.23. The van der Waals surface area contributed by atoms with Crippen molar-refractivity contribution >= 4 is 33.2 Å². The number of sulfonamides is 1. The first kappa shape index (κ1) is 19.4. The highest BCUT2D eigenvalue weighted by atomic mass is 35.5. The lowest BCUT2D eigenvalue weighted by Crippen LogP contribution is -2.32. The molecular weight excluding hydrogens is 360 g/mol. The standard InChI is InChI=1S/C18H21ClN2O3S/c1-4-12(2)21-25(23,24)15-10-8-14(9-11-15)18(22)20-17-7-5-6-16(19)13(17)3/h5-12,21H,4H2,1-3H3,(H,20,22)/t12-/m0/s1. The van der Waals surface area contributed by atoms with E-state index in [0.29, 0.717) is 22.7 Å². The number of halogens is 1. The Morgan fingerprint density at radius 2 is 1.80 bits per heavy atom. The van der Waals surface area contributed by atoms with Gasteiger partial charge in [0.15, 0.2) is 0 Å². The fraction of sp³-hybridized carbons (Fsp3) is 0.278. The number of hydrogen-bond acceptors (Lipinski definition) is 3. The normalized spacial score (nSPS) is 12.6. The van der Waals surface area contributed by atoms with Crippen LogP contribution in [0.3, 0.4) is 0 Å². The Morgan fingerprint density at radius 1 is 1.16 bits per heavy atom. The van der Waals surface area contributed by atoms with Gasteiger partial charge in [-0.3, -0.25) is 4.79 Å². The summed E-state index contributed by atoms with van der Waals surface area (Å²) in [5, 5.41) is 3.34. The second-order valence-electron chi connectivity index (χ2n) is 5.82. The molecule has 1 amide bonds. The average molecular weight is 381 g/mol. The molecule has 0 saturated heterocycles. The summed E-state index contributed by atoms with van der Waals surface area (Å²) >= 11 is 6.04. The van der Waals surface area contributed by atoms with Gasteiger partial charge in [-0.1, -0.05) is 24.6 Å². The maximum Gasteiger partial charge on any atom is 0.255 e. The summed E-state index contributed by atoms with van der Waals surface area (Å²) in [5.41, 5.74) is 1.75. The number of hydrogen-bond donors (Lipinski definition) is 2. The van der Waals surface area contributed by atoms with Crippen LogP contribution in [-0.4, -0.2) is 20.4 Å². The molecule has 0 bridgehead atoms. The van der Waals surface area contributed by atoms with Gasteiger partial charge < -0.3 is 5.32 Å². The lowest BCUT2D eigenvalue weighted by Gasteiger charge is -2.13. The van der Waals surface area contributed by atoms with E-state index >= 15 is 0 Å². The van der Waals surface area contributed by atoms with Gasteiger partial charge in [0.2, 0.25) is 10.0 Å². The molecule has 0 aliphatic heterocycles. The van der Waals surface area contributed by atoms with Gasteiger partial charge in [0.05, 0.1) is 4.90 Å². The Hall–Kier alpha value is -1.89. The molecule has 0 radical (unpaired) electrons. The van der Waals surface area contributed by atoms with Gasteiger partial charge in [-0.2, -0.15) is 0 Å². The van der Waals surface area contributed by atoms with Gasteiger partial charge >= 0.3 is 0 Å². The number of rotatable bonds is 6. The summed E-state index contributed by atoms with van der Waals surface area (Å²) in [7, 11) is -3.58. The van der Waals surface area contributed by atoms with Gasteiger partial charge in [-0.05, 0) is 62.2 Å². The molecule has 1 atom stereocenters. The predicted molar refractivity (Wildman–Crippen MR) is 101 cm³/mol. The van der Waals surface area contributed by atoms with Crippen LogP contribution in [0.15, 0.2) is 47.4 Å². The summed E-state index contributed by atoms with van der Waals surface area (Å²) in [6.45, 7) is 5.51. The van der Waals surface area contributed by atoms with E-state index in [1.54, 1.807) is 25.1 Å². The molecular formula is C18H21ClN2O3S. The first-order chi connectivity index (χ1) is 11.7. The number of carbonyl (C=O) groups is 1. The van der Waals surface area contributed by atoms with Gasteiger partial charge in [-0.15, -0.1) is 0 Å². The highest BCUT2D eigenvalue weighted by molar-refractivity contribution is 7.89. The Morgan fingerprint density at radius 3 is 2.40 bits per heavy atom. The fourth-order valence-corrected chi connectivity index (χ4v) is 3.64. The molecule has 2 aromatic carbocycles. The molecule has 2 aromatic rings. The third kappa shape index (κ3) is 4.81. The molecule has 0 aromatic heterocycles. The fourth-order valence-electron chi connectivity index (χ4n) is 2.14. The van der Waals surface area contributed by atoms with Gasteiger partial charge in [0, 0.05) is 22.3 Å². The van der Waals surface area contributed by atoms with E-state index in [2.05, 4.69) is 10.0 Å². The summed E-state index contributed by atoms with van der Waals surface area (Å²) in [4.78, 5) is 12.5. The minimum atomic E-state index is -3.58. The number of anilines is 1. The molecule has 2 N–H and O–H groups in total. The average Bonchev–Trinajstić information content (AvgIpc) is 2.58. The minimum Gasteiger partial charge on any atom is -0.322 e. The predicted octanol–water partition coefficient (Wildman–Crippen LogP) is 3.98. The van der Waals surface area contributed by atoms with Crippen molar-refractivity contribution in [1.29, 1.82) is 0 Å². The Kier molecular flexibility index (Phi) is 6.21. The minimum absolute atomic E-state index is 0.128. The molecule has 2 rings (SSSR count). The van der Waals surface area contributed by atoms with E-state index in [0.717, 1.165) is 5.56 Å². The molecule has 25 heavy (non-hydrogen) atoms. The molecule has 0 aliphatic carbocycles. The van der Waals surface area contributed by atoms with Crippen molar-refractivity contribution in [3.8, 4) is 0 Å². The Labute approximate surface area is 153 Å². The molecule has 0 spiro atoms. The van der Waals surface area contributed by atoms with E-state index in [9.17, 15) is 13.2 Å². The van der Waals surface area contributed by atoms with E-state index in [1.807, 2.05) is 13.8 Å². The van der Waals surface area contributed by atoms with Crippen molar-refractivity contribution in [1.82, 2.24) is 4.72 Å². The van der Waals surface area contributed by atoms with Crippen LogP contribution >= 0.6 is 11.6 Å². The zero-order valence-corrected chi connectivity index (χ0v) is 15.9. The quantitative estimate of drug-likeness (QED) is 0.795. The van der Waals surface area contributed by atoms with E-state index < -0.39 is 10.0 Å². The monoisotopic (exact) mass is 380 g/mol. The molecule has 7 heteroatoms. The number of benzene rings is 2. The Bertz CT molecular complexity index is 864. The van der Waals surface area contributed by atoms with Crippen LogP contribution in [0.2, 0.25) is 5.02 Å². The summed E-state index contributed by atoms with van der Waals surface area (Å²) in [5.74, 6) is -0.329. The number of amides is 1. The maximum absolute atomic E-state index is 12.3. The molecule has 0 aliphatic rings. The van der Waals surface area contributed by atoms with Crippen LogP contribution in [0.5, 0.6) is 0 Å². The lowest BCUT2D eigenvalue weighted by atomic mass is 10.1. The van der Waals surface area contributed by atoms with Crippen LogP contribution in [0.25, 0.3) is 0 Å². The second kappa shape index (κ2) is 7.99. The zero-order valence-electron chi connectivity index (χ0n) is 14.3. The van der Waals surface area contributed by atoms with Crippen molar-refractivity contribution in [3.63, 3.8) is 0 Å². The smallest absolute Gasteiger partial charge is 0.255 e. The van der Waals surface area contributed by atoms with Gasteiger partial charge in [0.1, 0.15) is 0 Å². The summed E-state index contributed by atoms with van der Waals surface area (Å²) < 4.78 is 27.0. The summed E-state index contributed by atoms with van der Waals surface area (Å²) in [6.07, 6.45) is 0.693. The molecule has 0 heterocycles. The lowest BCUT2D eigenvalue weighted by molar-refractivity contribution is 0.102. The van der Waals surface area contributed by atoms with Crippen molar-refractivity contribution in [2.75, 3.05) is 5.32 Å². The maximum atomic E-state index is 12.3. The van der Waals surface area contributed by atoms with E-state index in [4.69, 9.17) is 11.6 Å². The first-order valence-electron chi connectivity index (χ1n) is 7.93. The van der Waals surface area contributed by atoms with Crippen LogP contribution < -0.4 is 10.0 Å². The van der Waals surface area contributed by atoms with Crippen LogP contribution in [-0.2, 0) is 10.0 Å². The van der Waals surface area contributed by atoms with Gasteiger partial charge in [-0.25, -0.2) is 13.1 Å². The number of nitrogens with one attached hydrogen (secondary N) is 2. The summed E-state index contributed by atoms with van der Waals surface area (Å²) in [6, 6.07) is 10.9. The van der Waals surface area contributed by atoms with Crippen molar-refractivity contribution in [2.45, 2.75) is 38.1 Å². The van der Waals surface area contributed by atoms with Crippen molar-refractivity contribution in [2.24, 2.45) is 0 Å². The van der Waals surface area contributed by atoms with Crippen LogP contribution in [0.1, 0.15) is 36.2 Å². The molecule has 0 unspecified atom stereocenters. The topological polar surface area (TPSA) is 75.3 Å². The molecule has 5 nitrogen and oxygen atoms in total. The molecule has 0 saturated carbocycles. The van der Waals surface area contributed by atoms with E-state index in [-0.39, 0.29) is 16.8 Å².